The molecule has 4 N–H and O–H groups in total. The summed E-state index contributed by atoms with van der Waals surface area (Å²) in [6.07, 6.45) is 0. The van der Waals surface area contributed by atoms with Crippen molar-refractivity contribution in [3.8, 4) is 11.5 Å². The summed E-state index contributed by atoms with van der Waals surface area (Å²) in [4.78, 5) is 21.7. The van der Waals surface area contributed by atoms with Crippen molar-refractivity contribution in [2.75, 3.05) is 9.44 Å². The Bertz CT molecular complexity index is 1660. The maximum atomic E-state index is 12.7. The van der Waals surface area contributed by atoms with E-state index in [0.717, 1.165) is 7.69 Å². The van der Waals surface area contributed by atoms with Crippen molar-refractivity contribution >= 4 is 51.0 Å². The number of carbonyl (C=O) groups is 2. The summed E-state index contributed by atoms with van der Waals surface area (Å²) in [5.41, 5.74) is 0.243. The summed E-state index contributed by atoms with van der Waals surface area (Å²) in [5, 5.41) is 18.0. The molecule has 12 nitrogen and oxygen atoms in total. The molecule has 4 aromatic carbocycles. The number of carboxylic acids is 2. The van der Waals surface area contributed by atoms with Gasteiger partial charge in [-0.3, -0.25) is 9.44 Å². The smallest absolute Gasteiger partial charge is 0.526 e. The average molecular weight is 595 g/mol. The third-order valence-electron chi connectivity index (χ3n) is 5.36. The number of rotatable bonds is 12. The Morgan fingerprint density at radius 2 is 0.951 bits per heavy atom. The lowest BCUT2D eigenvalue weighted by Crippen LogP contribution is -2.15. The Hall–Kier alpha value is -5.02. The van der Waals surface area contributed by atoms with Crippen LogP contribution in [0.25, 0.3) is 0 Å². The molecule has 0 bridgehead atoms. The van der Waals surface area contributed by atoms with E-state index in [4.69, 9.17) is 19.5 Å². The minimum absolute atomic E-state index is 0.0508. The molecule has 0 spiro atoms. The van der Waals surface area contributed by atoms with Crippen molar-refractivity contribution in [1.29, 1.82) is 0 Å². The SMILES string of the molecule is O=C(O)c1ccc(S(=O)(=O)Nc2cccc(O[B]Oc3cccc(NS(=O)(=O)c4ccc(C(=O)O)cc4)c3)c2)cc1. The quantitative estimate of drug-likeness (QED) is 0.176. The fourth-order valence-corrected chi connectivity index (χ4v) is 5.48. The molecule has 4 rings (SSSR count). The maximum absolute atomic E-state index is 12.7. The van der Waals surface area contributed by atoms with E-state index in [-0.39, 0.29) is 43.8 Å². The van der Waals surface area contributed by atoms with E-state index in [9.17, 15) is 26.4 Å². The number of carboxylic acid groups (broad SMARTS) is 2. The van der Waals surface area contributed by atoms with Gasteiger partial charge in [-0.1, -0.05) is 12.1 Å². The first-order chi connectivity index (χ1) is 19.4. The highest BCUT2D eigenvalue weighted by Crippen LogP contribution is 2.23. The van der Waals surface area contributed by atoms with E-state index in [1.54, 1.807) is 12.1 Å². The topological polar surface area (TPSA) is 185 Å². The third kappa shape index (κ3) is 7.55. The lowest BCUT2D eigenvalue weighted by Gasteiger charge is -2.12. The van der Waals surface area contributed by atoms with Crippen LogP contribution in [0.15, 0.2) is 107 Å². The fraction of sp³-hybridized carbons (Fsp3) is 0. The van der Waals surface area contributed by atoms with Gasteiger partial charge in [-0.2, -0.15) is 0 Å². The van der Waals surface area contributed by atoms with Crippen molar-refractivity contribution in [3.05, 3.63) is 108 Å². The highest BCUT2D eigenvalue weighted by molar-refractivity contribution is 7.93. The molecular formula is C26H20BN2O10S2. The molecule has 209 valence electrons. The van der Waals surface area contributed by atoms with Crippen LogP contribution >= 0.6 is 0 Å². The minimum Gasteiger partial charge on any atom is -0.526 e. The summed E-state index contributed by atoms with van der Waals surface area (Å²) in [5.74, 6) is -1.92. The molecule has 0 atom stereocenters. The van der Waals surface area contributed by atoms with Crippen molar-refractivity contribution in [2.45, 2.75) is 9.79 Å². The van der Waals surface area contributed by atoms with Gasteiger partial charge in [-0.25, -0.2) is 26.4 Å². The van der Waals surface area contributed by atoms with Crippen LogP contribution in [0, 0.1) is 0 Å². The highest BCUT2D eigenvalue weighted by Gasteiger charge is 2.17. The second-order valence-electron chi connectivity index (χ2n) is 8.26. The highest BCUT2D eigenvalue weighted by atomic mass is 32.2. The third-order valence-corrected chi connectivity index (χ3v) is 8.16. The van der Waals surface area contributed by atoms with Gasteiger partial charge < -0.3 is 19.5 Å². The summed E-state index contributed by atoms with van der Waals surface area (Å²) in [6, 6.07) is 21.3. The summed E-state index contributed by atoms with van der Waals surface area (Å²) in [6.45, 7) is 0. The molecule has 15 heteroatoms. The molecule has 41 heavy (non-hydrogen) atoms. The molecule has 0 fully saturated rings. The number of aromatic carboxylic acids is 2. The molecule has 0 amide bonds. The maximum Gasteiger partial charge on any atom is 0.658 e. The van der Waals surface area contributed by atoms with Crippen molar-refractivity contribution < 1.29 is 45.9 Å². The monoisotopic (exact) mass is 595 g/mol. The van der Waals surface area contributed by atoms with Gasteiger partial charge in [0.25, 0.3) is 20.0 Å². The van der Waals surface area contributed by atoms with Crippen LogP contribution in [-0.4, -0.2) is 46.7 Å². The van der Waals surface area contributed by atoms with E-state index >= 15 is 0 Å². The molecule has 1 radical (unpaired) electrons. The Morgan fingerprint density at radius 3 is 1.29 bits per heavy atom. The van der Waals surface area contributed by atoms with Crippen LogP contribution in [0.5, 0.6) is 11.5 Å². The number of sulfonamides is 2. The molecule has 0 unspecified atom stereocenters. The molecule has 0 saturated heterocycles. The summed E-state index contributed by atoms with van der Waals surface area (Å²) < 4.78 is 66.2. The van der Waals surface area contributed by atoms with E-state index < -0.39 is 32.0 Å². The molecule has 0 aliphatic heterocycles. The number of nitrogens with one attached hydrogen (secondary N) is 2. The van der Waals surface area contributed by atoms with Gasteiger partial charge >= 0.3 is 19.6 Å². The zero-order valence-corrected chi connectivity index (χ0v) is 22.4. The van der Waals surface area contributed by atoms with Crippen LogP contribution in [-0.2, 0) is 20.0 Å². The van der Waals surface area contributed by atoms with Gasteiger partial charge in [-0.05, 0) is 72.8 Å². The van der Waals surface area contributed by atoms with Crippen LogP contribution < -0.4 is 18.8 Å². The Kier molecular flexibility index (Phi) is 8.49. The average Bonchev–Trinajstić information content (AvgIpc) is 2.93. The standard InChI is InChI=1S/C26H20BN2O10S2/c30-25(31)17-7-11-23(12-8-17)40(34,35)28-19-3-1-5-21(15-19)38-27-39-22-6-2-4-20(16-22)29-41(36,37)24-13-9-18(10-14-24)26(32)33/h1-16,28-29H,(H,30,31)(H,32,33). The summed E-state index contributed by atoms with van der Waals surface area (Å²) >= 11 is 0. The number of hydrogen-bond donors (Lipinski definition) is 4. The minimum atomic E-state index is -4.00. The van der Waals surface area contributed by atoms with Crippen LogP contribution in [0.1, 0.15) is 20.7 Å². The lowest BCUT2D eigenvalue weighted by atomic mass is 10.2. The van der Waals surface area contributed by atoms with Crippen molar-refractivity contribution in [2.24, 2.45) is 0 Å². The molecule has 4 aromatic rings. The largest absolute Gasteiger partial charge is 0.658 e. The number of anilines is 2. The number of hydrogen-bond acceptors (Lipinski definition) is 8. The Balaban J connectivity index is 1.36. The van der Waals surface area contributed by atoms with E-state index in [1.807, 2.05) is 0 Å². The van der Waals surface area contributed by atoms with E-state index in [0.29, 0.717) is 0 Å². The molecule has 0 saturated carbocycles. The zero-order valence-electron chi connectivity index (χ0n) is 20.8. The molecule has 0 heterocycles. The molecule has 0 aromatic heterocycles. The van der Waals surface area contributed by atoms with Gasteiger partial charge in [0.1, 0.15) is 11.5 Å². The first-order valence-corrected chi connectivity index (χ1v) is 14.5. The summed E-state index contributed by atoms with van der Waals surface area (Å²) in [7, 11) is -7.04. The second kappa shape index (κ2) is 12.0. The molecule has 0 aliphatic carbocycles. The normalized spacial score (nSPS) is 11.2. The lowest BCUT2D eigenvalue weighted by molar-refractivity contribution is 0.0686. The van der Waals surface area contributed by atoms with Crippen molar-refractivity contribution in [1.82, 2.24) is 0 Å². The van der Waals surface area contributed by atoms with Gasteiger partial charge in [-0.15, -0.1) is 0 Å². The Labute approximate surface area is 235 Å². The second-order valence-corrected chi connectivity index (χ2v) is 11.6. The van der Waals surface area contributed by atoms with E-state index in [1.165, 1.54) is 84.9 Å². The number of benzene rings is 4. The van der Waals surface area contributed by atoms with Crippen LogP contribution in [0.3, 0.4) is 0 Å². The molecule has 0 aliphatic rings. The fourth-order valence-electron chi connectivity index (χ4n) is 3.38. The van der Waals surface area contributed by atoms with Gasteiger partial charge in [0.05, 0.1) is 32.3 Å². The van der Waals surface area contributed by atoms with Gasteiger partial charge in [0.15, 0.2) is 0 Å². The van der Waals surface area contributed by atoms with E-state index in [2.05, 4.69) is 9.44 Å². The van der Waals surface area contributed by atoms with Gasteiger partial charge in [0.2, 0.25) is 0 Å². The van der Waals surface area contributed by atoms with Crippen LogP contribution in [0.4, 0.5) is 11.4 Å². The first-order valence-electron chi connectivity index (χ1n) is 11.5. The molecular weight excluding hydrogens is 575 g/mol. The van der Waals surface area contributed by atoms with Crippen molar-refractivity contribution in [3.63, 3.8) is 0 Å². The zero-order chi connectivity index (χ0) is 29.6. The first kappa shape index (κ1) is 29.0. The van der Waals surface area contributed by atoms with Crippen LogP contribution in [0.2, 0.25) is 0 Å². The Morgan fingerprint density at radius 1 is 0.585 bits per heavy atom. The van der Waals surface area contributed by atoms with Gasteiger partial charge in [0, 0.05) is 12.1 Å². The predicted octanol–water partition coefficient (Wildman–Crippen LogP) is 3.68. The predicted molar refractivity (Wildman–Crippen MR) is 148 cm³/mol.